The lowest BCUT2D eigenvalue weighted by Crippen LogP contribution is -2.65. The fraction of sp³-hybridized carbons (Fsp3) is 0.400. The van der Waals surface area contributed by atoms with Gasteiger partial charge in [-0.3, -0.25) is 9.11 Å². The Labute approximate surface area is 201 Å². The maximum absolute atomic E-state index is 11.7. The number of methoxy groups -OCH3 is 1. The standard InChI is InChI=1S/C20H22O13S2/c1-27-13-7-9-14(10-8-13)29-20-18(33-35(24,25)26)17(32-34(21,22)23)16-15(30-20)11-28-19(31-16)12-5-3-2-4-6-12/h2-10,15-20H,11H2,1H3,(H,21,22,23)(H,24,25,26)/t15-,16-,17+,18-,19-,20-/m1/s1. The second-order valence-corrected chi connectivity index (χ2v) is 9.59. The van der Waals surface area contributed by atoms with Crippen LogP contribution in [0.2, 0.25) is 0 Å². The minimum Gasteiger partial charge on any atom is -0.497 e. The number of benzene rings is 2. The van der Waals surface area contributed by atoms with E-state index in [0.717, 1.165) is 0 Å². The van der Waals surface area contributed by atoms with Gasteiger partial charge in [0.25, 0.3) is 0 Å². The van der Waals surface area contributed by atoms with Crippen molar-refractivity contribution in [2.45, 2.75) is 37.0 Å². The molecule has 2 aliphatic heterocycles. The van der Waals surface area contributed by atoms with E-state index in [1.54, 1.807) is 42.5 Å². The Morgan fingerprint density at radius 3 is 2.03 bits per heavy atom. The summed E-state index contributed by atoms with van der Waals surface area (Å²) in [6.45, 7) is -0.142. The van der Waals surface area contributed by atoms with E-state index < -0.39 is 57.8 Å². The molecule has 2 aliphatic rings. The zero-order chi connectivity index (χ0) is 25.2. The molecule has 2 aromatic carbocycles. The minimum atomic E-state index is -5.17. The molecular formula is C20H22O13S2. The highest BCUT2D eigenvalue weighted by molar-refractivity contribution is 7.81. The molecule has 2 saturated heterocycles. The SMILES string of the molecule is COc1ccc(O[C@@H]2O[C@@H]3CO[C@@H](c4ccccc4)O[C@H]3[C@H](OS(=O)(=O)O)[C@H]2OS(=O)(=O)O)cc1. The van der Waals surface area contributed by atoms with Crippen molar-refractivity contribution in [3.05, 3.63) is 60.2 Å². The third kappa shape index (κ3) is 6.66. The van der Waals surface area contributed by atoms with Crippen molar-refractivity contribution >= 4 is 20.8 Å². The van der Waals surface area contributed by atoms with Crippen LogP contribution in [0.25, 0.3) is 0 Å². The second kappa shape index (κ2) is 10.3. The average Bonchev–Trinajstić information content (AvgIpc) is 2.80. The topological polar surface area (TPSA) is 173 Å². The lowest BCUT2D eigenvalue weighted by atomic mass is 9.98. The molecule has 2 fully saturated rings. The second-order valence-electron chi connectivity index (χ2n) is 7.49. The molecule has 35 heavy (non-hydrogen) atoms. The summed E-state index contributed by atoms with van der Waals surface area (Å²) in [6.07, 6.45) is -8.75. The molecule has 6 atom stereocenters. The summed E-state index contributed by atoms with van der Waals surface area (Å²) < 4.78 is 103. The van der Waals surface area contributed by atoms with Gasteiger partial charge in [-0.15, -0.1) is 0 Å². The van der Waals surface area contributed by atoms with Gasteiger partial charge in [-0.05, 0) is 24.3 Å². The van der Waals surface area contributed by atoms with Gasteiger partial charge in [0, 0.05) is 5.56 Å². The number of hydrogen-bond donors (Lipinski definition) is 2. The maximum Gasteiger partial charge on any atom is 0.397 e. The Balaban J connectivity index is 1.67. The molecule has 2 heterocycles. The third-order valence-corrected chi connectivity index (χ3v) is 6.06. The molecule has 0 radical (unpaired) electrons. The monoisotopic (exact) mass is 534 g/mol. The summed E-state index contributed by atoms with van der Waals surface area (Å²) >= 11 is 0. The van der Waals surface area contributed by atoms with Crippen LogP contribution in [0.1, 0.15) is 11.9 Å². The van der Waals surface area contributed by atoms with Gasteiger partial charge in [0.2, 0.25) is 6.29 Å². The normalized spacial score (nSPS) is 29.2. The van der Waals surface area contributed by atoms with Crippen molar-refractivity contribution in [1.82, 2.24) is 0 Å². The molecule has 0 unspecified atom stereocenters. The van der Waals surface area contributed by atoms with Crippen molar-refractivity contribution in [2.24, 2.45) is 0 Å². The van der Waals surface area contributed by atoms with Gasteiger partial charge < -0.3 is 23.7 Å². The van der Waals surface area contributed by atoms with E-state index in [1.807, 2.05) is 0 Å². The predicted octanol–water partition coefficient (Wildman–Crippen LogP) is 1.29. The van der Waals surface area contributed by atoms with Crippen LogP contribution in [0.3, 0.4) is 0 Å². The molecule has 4 rings (SSSR count). The maximum atomic E-state index is 11.7. The van der Waals surface area contributed by atoms with Crippen molar-refractivity contribution in [3.63, 3.8) is 0 Å². The van der Waals surface area contributed by atoms with Crippen molar-refractivity contribution in [1.29, 1.82) is 0 Å². The first-order valence-electron chi connectivity index (χ1n) is 10.1. The first kappa shape index (κ1) is 25.7. The molecule has 0 spiro atoms. The molecule has 2 N–H and O–H groups in total. The van der Waals surface area contributed by atoms with Crippen LogP contribution in [0.4, 0.5) is 0 Å². The summed E-state index contributed by atoms with van der Waals surface area (Å²) in [5, 5.41) is 0. The highest BCUT2D eigenvalue weighted by Crippen LogP contribution is 2.38. The van der Waals surface area contributed by atoms with Crippen LogP contribution in [0, 0.1) is 0 Å². The predicted molar refractivity (Wildman–Crippen MR) is 115 cm³/mol. The quantitative estimate of drug-likeness (QED) is 0.464. The number of ether oxygens (including phenoxy) is 5. The molecule has 0 aliphatic carbocycles. The van der Waals surface area contributed by atoms with Gasteiger partial charge in [-0.2, -0.15) is 16.8 Å². The lowest BCUT2D eigenvalue weighted by molar-refractivity contribution is -0.343. The van der Waals surface area contributed by atoms with Gasteiger partial charge >= 0.3 is 20.8 Å². The Morgan fingerprint density at radius 2 is 1.43 bits per heavy atom. The smallest absolute Gasteiger partial charge is 0.397 e. The first-order chi connectivity index (χ1) is 16.5. The minimum absolute atomic E-state index is 0.142. The Morgan fingerprint density at radius 1 is 0.829 bits per heavy atom. The molecule has 0 saturated carbocycles. The van der Waals surface area contributed by atoms with Crippen LogP contribution in [0.5, 0.6) is 11.5 Å². The van der Waals surface area contributed by atoms with E-state index in [0.29, 0.717) is 11.3 Å². The van der Waals surface area contributed by atoms with Gasteiger partial charge in [0.15, 0.2) is 12.4 Å². The van der Waals surface area contributed by atoms with E-state index in [9.17, 15) is 25.9 Å². The lowest BCUT2D eigenvalue weighted by Gasteiger charge is -2.47. The third-order valence-electron chi connectivity index (χ3n) is 5.13. The summed E-state index contributed by atoms with van der Waals surface area (Å²) in [5.74, 6) is 0.657. The van der Waals surface area contributed by atoms with Crippen molar-refractivity contribution in [3.8, 4) is 11.5 Å². The van der Waals surface area contributed by atoms with E-state index in [4.69, 9.17) is 27.9 Å². The fourth-order valence-electron chi connectivity index (χ4n) is 3.70. The Kier molecular flexibility index (Phi) is 7.60. The highest BCUT2D eigenvalue weighted by Gasteiger charge is 2.55. The highest BCUT2D eigenvalue weighted by atomic mass is 32.3. The van der Waals surface area contributed by atoms with E-state index in [1.165, 1.54) is 19.2 Å². The van der Waals surface area contributed by atoms with Crippen LogP contribution < -0.4 is 9.47 Å². The number of fused-ring (bicyclic) bond motifs is 1. The zero-order valence-electron chi connectivity index (χ0n) is 18.1. The summed E-state index contributed by atoms with van der Waals surface area (Å²) in [5.41, 5.74) is 0.570. The summed E-state index contributed by atoms with van der Waals surface area (Å²) in [4.78, 5) is 0. The van der Waals surface area contributed by atoms with Crippen molar-refractivity contribution < 1.29 is 58.0 Å². The molecule has 192 valence electrons. The number of hydrogen-bond acceptors (Lipinski definition) is 11. The van der Waals surface area contributed by atoms with Crippen LogP contribution in [-0.4, -0.2) is 70.4 Å². The molecular weight excluding hydrogens is 512 g/mol. The largest absolute Gasteiger partial charge is 0.497 e. The zero-order valence-corrected chi connectivity index (χ0v) is 19.7. The molecule has 0 bridgehead atoms. The van der Waals surface area contributed by atoms with Gasteiger partial charge in [-0.1, -0.05) is 30.3 Å². The molecule has 0 aromatic heterocycles. The van der Waals surface area contributed by atoms with E-state index >= 15 is 0 Å². The van der Waals surface area contributed by atoms with Crippen LogP contribution in [0.15, 0.2) is 54.6 Å². The van der Waals surface area contributed by atoms with Gasteiger partial charge in [0.05, 0.1) is 13.7 Å². The summed E-state index contributed by atoms with van der Waals surface area (Å²) in [7, 11) is -8.87. The van der Waals surface area contributed by atoms with E-state index in [-0.39, 0.29) is 12.4 Å². The Bertz CT molecular complexity index is 1200. The van der Waals surface area contributed by atoms with Crippen LogP contribution >= 0.6 is 0 Å². The summed E-state index contributed by atoms with van der Waals surface area (Å²) in [6, 6.07) is 14.6. The van der Waals surface area contributed by atoms with E-state index in [2.05, 4.69) is 4.18 Å². The van der Waals surface area contributed by atoms with Gasteiger partial charge in [-0.25, -0.2) is 8.37 Å². The van der Waals surface area contributed by atoms with Crippen LogP contribution in [-0.2, 0) is 43.4 Å². The first-order valence-corrected chi connectivity index (χ1v) is 12.8. The molecule has 0 amide bonds. The molecule has 2 aromatic rings. The fourth-order valence-corrected chi connectivity index (χ4v) is 4.68. The van der Waals surface area contributed by atoms with Crippen molar-refractivity contribution in [2.75, 3.05) is 13.7 Å². The molecule has 15 heteroatoms. The van der Waals surface area contributed by atoms with Gasteiger partial charge in [0.1, 0.15) is 29.8 Å². The number of rotatable bonds is 8. The Hall–Kier alpha value is -2.34. The average molecular weight is 535 g/mol. The molecule has 13 nitrogen and oxygen atoms in total.